The van der Waals surface area contributed by atoms with E-state index in [9.17, 15) is 13.2 Å². The van der Waals surface area contributed by atoms with Crippen molar-refractivity contribution in [3.8, 4) is 0 Å². The van der Waals surface area contributed by atoms with Crippen LogP contribution in [0, 0.1) is 5.92 Å². The van der Waals surface area contributed by atoms with Crippen molar-refractivity contribution in [2.24, 2.45) is 5.92 Å². The van der Waals surface area contributed by atoms with Crippen LogP contribution in [0.1, 0.15) is 42.7 Å². The number of rotatable bonds is 4. The van der Waals surface area contributed by atoms with Gasteiger partial charge in [-0.2, -0.15) is 4.31 Å². The van der Waals surface area contributed by atoms with Crippen molar-refractivity contribution in [1.82, 2.24) is 9.21 Å². The lowest BCUT2D eigenvalue weighted by atomic mass is 9.93. The third kappa shape index (κ3) is 3.48. The number of carbonyl (C=O) groups excluding carboxylic acids is 1. The molecule has 0 saturated carbocycles. The first-order valence-electron chi connectivity index (χ1n) is 9.42. The number of sulfonamides is 1. The van der Waals surface area contributed by atoms with E-state index in [0.29, 0.717) is 17.3 Å². The summed E-state index contributed by atoms with van der Waals surface area (Å²) in [6.45, 7) is 3.64. The number of hydrogen-bond acceptors (Lipinski definition) is 5. The van der Waals surface area contributed by atoms with Gasteiger partial charge in [-0.1, -0.05) is 13.0 Å². The zero-order valence-electron chi connectivity index (χ0n) is 15.3. The molecule has 2 aromatic rings. The lowest BCUT2D eigenvalue weighted by Crippen LogP contribution is -2.48. The van der Waals surface area contributed by atoms with E-state index in [0.717, 1.165) is 32.2 Å². The molecule has 2 unspecified atom stereocenters. The highest BCUT2D eigenvalue weighted by Crippen LogP contribution is 2.37. The molecule has 4 rings (SSSR count). The molecular formula is C19H24N2O3S3. The van der Waals surface area contributed by atoms with Crippen LogP contribution in [0.3, 0.4) is 0 Å². The molecule has 0 bridgehead atoms. The summed E-state index contributed by atoms with van der Waals surface area (Å²) in [6.07, 6.45) is 3.28. The average Bonchev–Trinajstić information content (AvgIpc) is 3.38. The standard InChI is InChI=1S/C19H24N2O3S3/c1-2-16-15-8-12-25-17(15)7-10-21(16)19(22)14-5-3-9-20(13-14)27(23,24)18-6-4-11-26-18/h4,6,8,11-12,14,16H,2-3,5,7,9-10,13H2,1H3. The molecule has 1 fully saturated rings. The molecule has 0 aliphatic carbocycles. The van der Waals surface area contributed by atoms with E-state index in [1.165, 1.54) is 26.1 Å². The largest absolute Gasteiger partial charge is 0.335 e. The first kappa shape index (κ1) is 19.1. The Morgan fingerprint density at radius 2 is 2.07 bits per heavy atom. The zero-order chi connectivity index (χ0) is 19.0. The van der Waals surface area contributed by atoms with Gasteiger partial charge in [-0.05, 0) is 54.1 Å². The zero-order valence-corrected chi connectivity index (χ0v) is 17.8. The molecule has 1 saturated heterocycles. The number of amides is 1. The summed E-state index contributed by atoms with van der Waals surface area (Å²) < 4.78 is 27.6. The van der Waals surface area contributed by atoms with Gasteiger partial charge < -0.3 is 4.90 Å². The molecule has 27 heavy (non-hydrogen) atoms. The van der Waals surface area contributed by atoms with Crippen LogP contribution in [0.4, 0.5) is 0 Å². The topological polar surface area (TPSA) is 57.7 Å². The maximum atomic E-state index is 13.3. The fourth-order valence-electron chi connectivity index (χ4n) is 4.23. The fourth-order valence-corrected chi connectivity index (χ4v) is 7.83. The molecule has 8 heteroatoms. The Bertz CT molecular complexity index is 905. The van der Waals surface area contributed by atoms with Crippen LogP contribution >= 0.6 is 22.7 Å². The third-order valence-electron chi connectivity index (χ3n) is 5.59. The number of nitrogens with zero attached hydrogens (tertiary/aromatic N) is 2. The molecule has 0 aromatic carbocycles. The second-order valence-electron chi connectivity index (χ2n) is 7.14. The SMILES string of the molecule is CCC1c2ccsc2CCN1C(=O)C1CCCN(S(=O)(=O)c2cccs2)C1. The van der Waals surface area contributed by atoms with E-state index in [-0.39, 0.29) is 17.9 Å². The van der Waals surface area contributed by atoms with Crippen molar-refractivity contribution in [3.05, 3.63) is 39.4 Å². The molecular weight excluding hydrogens is 400 g/mol. The number of carbonyl (C=O) groups is 1. The predicted octanol–water partition coefficient (Wildman–Crippen LogP) is 3.75. The lowest BCUT2D eigenvalue weighted by Gasteiger charge is -2.40. The monoisotopic (exact) mass is 424 g/mol. The summed E-state index contributed by atoms with van der Waals surface area (Å²) in [4.78, 5) is 16.7. The van der Waals surface area contributed by atoms with E-state index in [2.05, 4.69) is 18.4 Å². The minimum atomic E-state index is -3.49. The fraction of sp³-hybridized carbons (Fsp3) is 0.526. The number of fused-ring (bicyclic) bond motifs is 1. The second-order valence-corrected chi connectivity index (χ2v) is 11.3. The van der Waals surface area contributed by atoms with Crippen molar-refractivity contribution in [2.45, 2.75) is 42.9 Å². The van der Waals surface area contributed by atoms with E-state index in [4.69, 9.17) is 0 Å². The highest BCUT2D eigenvalue weighted by atomic mass is 32.2. The van der Waals surface area contributed by atoms with Crippen molar-refractivity contribution in [1.29, 1.82) is 0 Å². The number of thiophene rings is 2. The molecule has 0 N–H and O–H groups in total. The van der Waals surface area contributed by atoms with E-state index in [1.54, 1.807) is 28.8 Å². The van der Waals surface area contributed by atoms with E-state index < -0.39 is 10.0 Å². The first-order valence-corrected chi connectivity index (χ1v) is 12.6. The Kier molecular flexibility index (Phi) is 5.42. The van der Waals surface area contributed by atoms with E-state index in [1.807, 2.05) is 4.90 Å². The van der Waals surface area contributed by atoms with Crippen LogP contribution in [0.25, 0.3) is 0 Å². The van der Waals surface area contributed by atoms with Crippen LogP contribution in [-0.4, -0.2) is 43.2 Å². The molecule has 2 aromatic heterocycles. The van der Waals surface area contributed by atoms with Crippen molar-refractivity contribution < 1.29 is 13.2 Å². The molecule has 5 nitrogen and oxygen atoms in total. The number of piperidine rings is 1. The average molecular weight is 425 g/mol. The van der Waals surface area contributed by atoms with Crippen LogP contribution in [-0.2, 0) is 21.2 Å². The van der Waals surface area contributed by atoms with Gasteiger partial charge >= 0.3 is 0 Å². The Balaban J connectivity index is 1.52. The van der Waals surface area contributed by atoms with Crippen LogP contribution in [0.2, 0.25) is 0 Å². The van der Waals surface area contributed by atoms with E-state index >= 15 is 0 Å². The summed E-state index contributed by atoms with van der Waals surface area (Å²) in [6, 6.07) is 5.66. The molecule has 2 aliphatic heterocycles. The Hall–Kier alpha value is -1.22. The van der Waals surface area contributed by atoms with Gasteiger partial charge in [-0.25, -0.2) is 8.42 Å². The smallest absolute Gasteiger partial charge is 0.252 e. The van der Waals surface area contributed by atoms with Crippen molar-refractivity contribution in [2.75, 3.05) is 19.6 Å². The predicted molar refractivity (Wildman–Crippen MR) is 109 cm³/mol. The summed E-state index contributed by atoms with van der Waals surface area (Å²) >= 11 is 3.01. The molecule has 4 heterocycles. The quantitative estimate of drug-likeness (QED) is 0.751. The first-order chi connectivity index (χ1) is 13.0. The second kappa shape index (κ2) is 7.66. The van der Waals surface area contributed by atoms with Crippen molar-refractivity contribution >= 4 is 38.6 Å². The van der Waals surface area contributed by atoms with Crippen LogP contribution in [0.15, 0.2) is 33.2 Å². The lowest BCUT2D eigenvalue weighted by molar-refractivity contribution is -0.139. The van der Waals surface area contributed by atoms with Crippen molar-refractivity contribution in [3.63, 3.8) is 0 Å². The van der Waals surface area contributed by atoms with Gasteiger partial charge in [-0.3, -0.25) is 4.79 Å². The minimum absolute atomic E-state index is 0.116. The summed E-state index contributed by atoms with van der Waals surface area (Å²) in [5.41, 5.74) is 1.28. The van der Waals surface area contributed by atoms with Gasteiger partial charge in [0, 0.05) is 24.5 Å². The molecule has 0 radical (unpaired) electrons. The Labute approximate surface area is 168 Å². The molecule has 2 atom stereocenters. The molecule has 2 aliphatic rings. The minimum Gasteiger partial charge on any atom is -0.335 e. The van der Waals surface area contributed by atoms with Gasteiger partial charge in [0.15, 0.2) is 0 Å². The summed E-state index contributed by atoms with van der Waals surface area (Å²) in [7, 11) is -3.49. The Morgan fingerprint density at radius 3 is 2.81 bits per heavy atom. The molecule has 0 spiro atoms. The maximum Gasteiger partial charge on any atom is 0.252 e. The number of hydrogen-bond donors (Lipinski definition) is 0. The summed E-state index contributed by atoms with van der Waals surface area (Å²) in [5.74, 6) is -0.132. The third-order valence-corrected chi connectivity index (χ3v) is 9.82. The normalized spacial score (nSPS) is 24.0. The van der Waals surface area contributed by atoms with Gasteiger partial charge in [0.05, 0.1) is 12.0 Å². The highest BCUT2D eigenvalue weighted by molar-refractivity contribution is 7.91. The molecule has 146 valence electrons. The Morgan fingerprint density at radius 1 is 1.22 bits per heavy atom. The van der Waals surface area contributed by atoms with Gasteiger partial charge in [0.25, 0.3) is 10.0 Å². The summed E-state index contributed by atoms with van der Waals surface area (Å²) in [5, 5.41) is 3.88. The van der Waals surface area contributed by atoms with Crippen LogP contribution in [0.5, 0.6) is 0 Å². The maximum absolute atomic E-state index is 13.3. The molecule has 1 amide bonds. The van der Waals surface area contributed by atoms with Crippen LogP contribution < -0.4 is 0 Å². The highest BCUT2D eigenvalue weighted by Gasteiger charge is 2.38. The van der Waals surface area contributed by atoms with Gasteiger partial charge in [-0.15, -0.1) is 22.7 Å². The van der Waals surface area contributed by atoms with Gasteiger partial charge in [0.2, 0.25) is 5.91 Å². The van der Waals surface area contributed by atoms with Gasteiger partial charge in [0.1, 0.15) is 4.21 Å².